The van der Waals surface area contributed by atoms with Gasteiger partial charge in [0, 0.05) is 0 Å². The molecule has 0 aromatic rings. The Morgan fingerprint density at radius 2 is 0.794 bits per heavy atom. The molecule has 392 valence electrons. The SMILES string of the molecule is CC(C)=CCC[C@@](C)(O)C1CC[C@]2(C)C1C(O)CC1C3(C)CCC(O)C(C)(C)C3C(O)CC12C.CC(C)=CCC[C@](C)(O)C1CC[C@]2(C)C1C(O)CC1C3(C)CCC(O)C(C)(C)C3C(O)CC12C. The van der Waals surface area contributed by atoms with Gasteiger partial charge in [-0.15, -0.1) is 0 Å². The Morgan fingerprint density at radius 3 is 1.10 bits per heavy atom. The molecule has 0 saturated heterocycles. The number of aliphatic hydroxyl groups excluding tert-OH is 6. The Morgan fingerprint density at radius 1 is 0.471 bits per heavy atom. The maximum Gasteiger partial charge on any atom is 0.0654 e. The Hall–Kier alpha value is -0.840. The lowest BCUT2D eigenvalue weighted by atomic mass is 9.34. The highest BCUT2D eigenvalue weighted by Crippen LogP contribution is 2.78. The lowest BCUT2D eigenvalue weighted by Crippen LogP contribution is -2.69. The smallest absolute Gasteiger partial charge is 0.0654 e. The van der Waals surface area contributed by atoms with Crippen LogP contribution in [0.1, 0.15) is 214 Å². The van der Waals surface area contributed by atoms with Gasteiger partial charge < -0.3 is 40.9 Å². The monoisotopic (exact) mass is 953 g/mol. The van der Waals surface area contributed by atoms with Crippen molar-refractivity contribution < 1.29 is 40.9 Å². The third-order valence-corrected chi connectivity index (χ3v) is 24.5. The molecule has 22 atom stereocenters. The molecule has 0 radical (unpaired) electrons. The molecule has 0 spiro atoms. The van der Waals surface area contributed by atoms with Crippen molar-refractivity contribution in [2.45, 2.75) is 261 Å². The van der Waals surface area contributed by atoms with E-state index in [0.717, 1.165) is 103 Å². The van der Waals surface area contributed by atoms with Crippen molar-refractivity contribution in [2.24, 2.45) is 90.7 Å². The average molecular weight is 953 g/mol. The van der Waals surface area contributed by atoms with Gasteiger partial charge in [0.05, 0.1) is 47.8 Å². The topological polar surface area (TPSA) is 162 Å². The maximum atomic E-state index is 11.8. The summed E-state index contributed by atoms with van der Waals surface area (Å²) in [5.74, 6) is 0.884. The van der Waals surface area contributed by atoms with Crippen LogP contribution in [0.15, 0.2) is 23.3 Å². The van der Waals surface area contributed by atoms with Crippen LogP contribution in [0.4, 0.5) is 0 Å². The maximum absolute atomic E-state index is 11.8. The predicted molar refractivity (Wildman–Crippen MR) is 274 cm³/mol. The van der Waals surface area contributed by atoms with Crippen LogP contribution in [0, 0.1) is 90.7 Å². The number of hydrogen-bond donors (Lipinski definition) is 8. The largest absolute Gasteiger partial charge is 0.393 e. The fourth-order valence-electron chi connectivity index (χ4n) is 20.9. The van der Waals surface area contributed by atoms with Crippen LogP contribution in [-0.4, -0.2) is 88.7 Å². The van der Waals surface area contributed by atoms with Crippen molar-refractivity contribution in [2.75, 3.05) is 0 Å². The molecule has 8 heteroatoms. The minimum absolute atomic E-state index is 0.0264. The Labute approximate surface area is 414 Å². The first-order valence-corrected chi connectivity index (χ1v) is 27.8. The van der Waals surface area contributed by atoms with E-state index in [1.165, 1.54) is 11.1 Å². The van der Waals surface area contributed by atoms with Gasteiger partial charge >= 0.3 is 0 Å². The number of fused-ring (bicyclic) bond motifs is 10. The molecule has 8 fully saturated rings. The van der Waals surface area contributed by atoms with Crippen LogP contribution in [0.3, 0.4) is 0 Å². The third-order valence-electron chi connectivity index (χ3n) is 24.5. The first-order chi connectivity index (χ1) is 31.0. The van der Waals surface area contributed by atoms with Crippen molar-refractivity contribution in [3.63, 3.8) is 0 Å². The highest BCUT2D eigenvalue weighted by Gasteiger charge is 2.75. The molecule has 0 bridgehead atoms. The van der Waals surface area contributed by atoms with Crippen molar-refractivity contribution >= 4 is 0 Å². The Kier molecular flexibility index (Phi) is 14.5. The molecule has 68 heavy (non-hydrogen) atoms. The summed E-state index contributed by atoms with van der Waals surface area (Å²) in [6.45, 7) is 35.1. The molecular formula is C60H104O8. The van der Waals surface area contributed by atoms with E-state index >= 15 is 0 Å². The van der Waals surface area contributed by atoms with Crippen LogP contribution < -0.4 is 0 Å². The second-order valence-corrected chi connectivity index (χ2v) is 29.3. The van der Waals surface area contributed by atoms with Gasteiger partial charge in [0.25, 0.3) is 0 Å². The molecule has 8 nitrogen and oxygen atoms in total. The third kappa shape index (κ3) is 8.17. The molecule has 18 unspecified atom stereocenters. The average Bonchev–Trinajstić information content (AvgIpc) is 3.78. The Bertz CT molecular complexity index is 1760. The van der Waals surface area contributed by atoms with Crippen LogP contribution in [-0.2, 0) is 0 Å². The molecule has 0 aromatic heterocycles. The molecule has 0 heterocycles. The van der Waals surface area contributed by atoms with Gasteiger partial charge in [0.1, 0.15) is 0 Å². The second kappa shape index (κ2) is 17.9. The lowest BCUT2D eigenvalue weighted by Gasteiger charge is -2.71. The molecule has 8 aliphatic rings. The normalized spacial score (nSPS) is 51.6. The van der Waals surface area contributed by atoms with Crippen molar-refractivity contribution in [1.82, 2.24) is 0 Å². The molecule has 0 aliphatic heterocycles. The van der Waals surface area contributed by atoms with E-state index in [1.54, 1.807) is 0 Å². The van der Waals surface area contributed by atoms with E-state index in [9.17, 15) is 40.9 Å². The fraction of sp³-hybridized carbons (Fsp3) is 0.933. The molecule has 0 aromatic carbocycles. The summed E-state index contributed by atoms with van der Waals surface area (Å²) in [4.78, 5) is 0. The van der Waals surface area contributed by atoms with E-state index < -0.39 is 47.8 Å². The lowest BCUT2D eigenvalue weighted by molar-refractivity contribution is -0.274. The van der Waals surface area contributed by atoms with Gasteiger partial charge in [-0.1, -0.05) is 92.5 Å². The minimum Gasteiger partial charge on any atom is -0.393 e. The summed E-state index contributed by atoms with van der Waals surface area (Å²) >= 11 is 0. The second-order valence-electron chi connectivity index (χ2n) is 29.3. The summed E-state index contributed by atoms with van der Waals surface area (Å²) in [6.07, 6.45) is 15.1. The van der Waals surface area contributed by atoms with Crippen LogP contribution in [0.25, 0.3) is 0 Å². The fourth-order valence-corrected chi connectivity index (χ4v) is 20.9. The van der Waals surface area contributed by atoms with E-state index in [-0.39, 0.29) is 78.8 Å². The van der Waals surface area contributed by atoms with E-state index in [1.807, 2.05) is 13.8 Å². The summed E-state index contributed by atoms with van der Waals surface area (Å²) in [5.41, 5.74) is -0.459. The van der Waals surface area contributed by atoms with E-state index in [4.69, 9.17) is 0 Å². The van der Waals surface area contributed by atoms with E-state index in [0.29, 0.717) is 11.8 Å². The predicted octanol–water partition coefficient (Wildman–Crippen LogP) is 10.9. The van der Waals surface area contributed by atoms with Gasteiger partial charge in [-0.3, -0.25) is 0 Å². The number of aliphatic hydroxyl groups is 8. The summed E-state index contributed by atoms with van der Waals surface area (Å²) in [5, 5.41) is 91.9. The first kappa shape index (κ1) is 54.9. The van der Waals surface area contributed by atoms with Gasteiger partial charge in [-0.05, 0) is 235 Å². The van der Waals surface area contributed by atoms with Crippen molar-refractivity contribution in [3.05, 3.63) is 23.3 Å². The highest BCUT2D eigenvalue weighted by atomic mass is 16.3. The quantitative estimate of drug-likeness (QED) is 0.112. The summed E-state index contributed by atoms with van der Waals surface area (Å²) < 4.78 is 0. The molecule has 8 N–H and O–H groups in total. The van der Waals surface area contributed by atoms with Gasteiger partial charge in [-0.25, -0.2) is 0 Å². The first-order valence-electron chi connectivity index (χ1n) is 27.8. The standard InChI is InChI=1S/2C30H52O4/c2*1-18(2)10-9-13-30(8,34)19-11-15-28(6)24(19)20(31)16-22-27(5)14-12-23(33)26(3,4)25(27)21(32)17-29(22,28)7/h2*10,19-25,31-34H,9,11-17H2,1-8H3/t19?,20?,21?,22?,23?,24?,25?,27?,28-,29?,30+;19?,20?,21?,22?,23?,24?,25?,27?,28-,29?,30-/m11/s1. The highest BCUT2D eigenvalue weighted by molar-refractivity contribution is 5.24. The van der Waals surface area contributed by atoms with Crippen molar-refractivity contribution in [1.29, 1.82) is 0 Å². The number of hydrogen-bond acceptors (Lipinski definition) is 8. The van der Waals surface area contributed by atoms with Gasteiger partial charge in [0.2, 0.25) is 0 Å². The number of allylic oxidation sites excluding steroid dienone is 4. The zero-order chi connectivity index (χ0) is 51.0. The molecule has 8 saturated carbocycles. The van der Waals surface area contributed by atoms with Gasteiger partial charge in [-0.2, -0.15) is 0 Å². The van der Waals surface area contributed by atoms with Crippen LogP contribution in [0.5, 0.6) is 0 Å². The zero-order valence-corrected chi connectivity index (χ0v) is 46.1. The van der Waals surface area contributed by atoms with Crippen LogP contribution in [0.2, 0.25) is 0 Å². The summed E-state index contributed by atoms with van der Waals surface area (Å²) in [6, 6.07) is 0. The minimum atomic E-state index is -0.810. The molecule has 8 rings (SSSR count). The molecular weight excluding hydrogens is 849 g/mol. The van der Waals surface area contributed by atoms with E-state index in [2.05, 4.69) is 109 Å². The zero-order valence-electron chi connectivity index (χ0n) is 46.1. The molecule has 8 aliphatic carbocycles. The number of rotatable bonds is 8. The van der Waals surface area contributed by atoms with Crippen LogP contribution >= 0.6 is 0 Å². The summed E-state index contributed by atoms with van der Waals surface area (Å²) in [7, 11) is 0. The Balaban J connectivity index is 0.000000201. The van der Waals surface area contributed by atoms with Crippen molar-refractivity contribution in [3.8, 4) is 0 Å². The van der Waals surface area contributed by atoms with Gasteiger partial charge in [0.15, 0.2) is 0 Å². The molecule has 0 amide bonds.